The van der Waals surface area contributed by atoms with Gasteiger partial charge in [-0.3, -0.25) is 4.79 Å². The summed E-state index contributed by atoms with van der Waals surface area (Å²) in [5, 5.41) is 0.339. The van der Waals surface area contributed by atoms with E-state index in [0.29, 0.717) is 28.4 Å². The second-order valence-electron chi connectivity index (χ2n) is 6.07. The number of likely N-dealkylation sites (tertiary alicyclic amines) is 1. The molecule has 1 aliphatic rings. The van der Waals surface area contributed by atoms with Crippen molar-refractivity contribution in [3.05, 3.63) is 22.7 Å². The van der Waals surface area contributed by atoms with Crippen molar-refractivity contribution in [2.45, 2.75) is 40.0 Å². The minimum Gasteiger partial charge on any atom is -0.337 e. The zero-order valence-electron chi connectivity index (χ0n) is 12.6. The van der Waals surface area contributed by atoms with Crippen molar-refractivity contribution in [2.75, 3.05) is 13.1 Å². The van der Waals surface area contributed by atoms with Crippen molar-refractivity contribution < 1.29 is 4.79 Å². The monoisotopic (exact) mass is 295 g/mol. The Kier molecular flexibility index (Phi) is 4.63. The van der Waals surface area contributed by atoms with E-state index in [9.17, 15) is 4.79 Å². The predicted octanol–water partition coefficient (Wildman–Crippen LogP) is 3.37. The lowest BCUT2D eigenvalue weighted by atomic mass is 9.88. The standard InChI is InChI=1S/C15H22ClN3O/c1-9(2)14-17-7-12(16)13(18-14)15(20)19-6-5-10(3)11(4)8-19/h7,9-11H,5-6,8H2,1-4H3. The van der Waals surface area contributed by atoms with Gasteiger partial charge >= 0.3 is 0 Å². The minimum atomic E-state index is -0.0712. The van der Waals surface area contributed by atoms with Gasteiger partial charge in [0.25, 0.3) is 5.91 Å². The average molecular weight is 296 g/mol. The number of carbonyl (C=O) groups excluding carboxylic acids is 1. The zero-order chi connectivity index (χ0) is 14.9. The third kappa shape index (κ3) is 3.11. The second-order valence-corrected chi connectivity index (χ2v) is 6.48. The first-order chi connectivity index (χ1) is 9.40. The van der Waals surface area contributed by atoms with Crippen molar-refractivity contribution in [1.82, 2.24) is 14.9 Å². The average Bonchev–Trinajstić information content (AvgIpc) is 2.41. The molecule has 1 aliphatic heterocycles. The fraction of sp³-hybridized carbons (Fsp3) is 0.667. The summed E-state index contributed by atoms with van der Waals surface area (Å²) in [5.74, 6) is 1.94. The van der Waals surface area contributed by atoms with Gasteiger partial charge in [0.2, 0.25) is 0 Å². The van der Waals surface area contributed by atoms with Crippen LogP contribution in [0.25, 0.3) is 0 Å². The summed E-state index contributed by atoms with van der Waals surface area (Å²) in [6.07, 6.45) is 2.57. The lowest BCUT2D eigenvalue weighted by Gasteiger charge is -2.35. The van der Waals surface area contributed by atoms with Crippen LogP contribution in [0.5, 0.6) is 0 Å². The Morgan fingerprint density at radius 3 is 2.70 bits per heavy atom. The molecule has 0 spiro atoms. The molecule has 0 saturated carbocycles. The van der Waals surface area contributed by atoms with Crippen LogP contribution in [0.2, 0.25) is 5.02 Å². The van der Waals surface area contributed by atoms with Crippen molar-refractivity contribution >= 4 is 17.5 Å². The SMILES string of the molecule is CC(C)c1ncc(Cl)c(C(=O)N2CCC(C)C(C)C2)n1. The Labute approximate surface area is 125 Å². The van der Waals surface area contributed by atoms with Crippen LogP contribution < -0.4 is 0 Å². The number of piperidine rings is 1. The smallest absolute Gasteiger partial charge is 0.274 e. The van der Waals surface area contributed by atoms with Gasteiger partial charge in [-0.1, -0.05) is 39.3 Å². The summed E-state index contributed by atoms with van der Waals surface area (Å²) in [4.78, 5) is 23.0. The van der Waals surface area contributed by atoms with Gasteiger partial charge in [0, 0.05) is 19.0 Å². The number of nitrogens with zero attached hydrogens (tertiary/aromatic N) is 3. The second kappa shape index (κ2) is 6.08. The van der Waals surface area contributed by atoms with Crippen LogP contribution in [0.1, 0.15) is 56.3 Å². The molecule has 4 nitrogen and oxygen atoms in total. The Bertz CT molecular complexity index is 504. The largest absolute Gasteiger partial charge is 0.337 e. The topological polar surface area (TPSA) is 46.1 Å². The van der Waals surface area contributed by atoms with Gasteiger partial charge in [-0.25, -0.2) is 9.97 Å². The van der Waals surface area contributed by atoms with E-state index in [1.165, 1.54) is 6.20 Å². The van der Waals surface area contributed by atoms with Gasteiger partial charge in [0.1, 0.15) is 5.82 Å². The fourth-order valence-electron chi connectivity index (χ4n) is 2.41. The maximum absolute atomic E-state index is 12.6. The van der Waals surface area contributed by atoms with E-state index in [0.717, 1.165) is 19.5 Å². The van der Waals surface area contributed by atoms with Crippen molar-refractivity contribution in [1.29, 1.82) is 0 Å². The van der Waals surface area contributed by atoms with E-state index in [2.05, 4.69) is 23.8 Å². The van der Waals surface area contributed by atoms with Crippen LogP contribution in [-0.2, 0) is 0 Å². The Hall–Kier alpha value is -1.16. The van der Waals surface area contributed by atoms with Crippen molar-refractivity contribution in [3.63, 3.8) is 0 Å². The molecule has 1 amide bonds. The normalized spacial score (nSPS) is 23.2. The van der Waals surface area contributed by atoms with Crippen molar-refractivity contribution in [2.24, 2.45) is 11.8 Å². The van der Waals surface area contributed by atoms with Gasteiger partial charge in [-0.2, -0.15) is 0 Å². The molecule has 110 valence electrons. The van der Waals surface area contributed by atoms with Crippen LogP contribution >= 0.6 is 11.6 Å². The molecule has 0 aromatic carbocycles. The fourth-order valence-corrected chi connectivity index (χ4v) is 2.58. The number of carbonyl (C=O) groups is 1. The summed E-state index contributed by atoms with van der Waals surface area (Å²) < 4.78 is 0. The summed E-state index contributed by atoms with van der Waals surface area (Å²) in [5.41, 5.74) is 0.340. The molecule has 1 saturated heterocycles. The van der Waals surface area contributed by atoms with Crippen LogP contribution in [0, 0.1) is 11.8 Å². The van der Waals surface area contributed by atoms with E-state index >= 15 is 0 Å². The summed E-state index contributed by atoms with van der Waals surface area (Å²) in [6.45, 7) is 9.98. The summed E-state index contributed by atoms with van der Waals surface area (Å²) in [6, 6.07) is 0. The molecule has 1 fully saturated rings. The highest BCUT2D eigenvalue weighted by Gasteiger charge is 2.28. The summed E-state index contributed by atoms with van der Waals surface area (Å²) >= 11 is 6.11. The highest BCUT2D eigenvalue weighted by atomic mass is 35.5. The quantitative estimate of drug-likeness (QED) is 0.840. The lowest BCUT2D eigenvalue weighted by molar-refractivity contribution is 0.0621. The van der Waals surface area contributed by atoms with E-state index in [-0.39, 0.29) is 11.8 Å². The van der Waals surface area contributed by atoms with Crippen molar-refractivity contribution in [3.8, 4) is 0 Å². The van der Waals surface area contributed by atoms with Crippen LogP contribution in [0.15, 0.2) is 6.20 Å². The number of rotatable bonds is 2. The number of hydrogen-bond donors (Lipinski definition) is 0. The number of hydrogen-bond acceptors (Lipinski definition) is 3. The predicted molar refractivity (Wildman–Crippen MR) is 80.0 cm³/mol. The van der Waals surface area contributed by atoms with Gasteiger partial charge in [-0.15, -0.1) is 0 Å². The highest BCUT2D eigenvalue weighted by molar-refractivity contribution is 6.33. The van der Waals surface area contributed by atoms with Crippen LogP contribution in [0.4, 0.5) is 0 Å². The van der Waals surface area contributed by atoms with Gasteiger partial charge in [0.05, 0.1) is 11.2 Å². The van der Waals surface area contributed by atoms with E-state index in [4.69, 9.17) is 11.6 Å². The molecule has 20 heavy (non-hydrogen) atoms. The first-order valence-electron chi connectivity index (χ1n) is 7.21. The molecule has 2 atom stereocenters. The molecule has 0 radical (unpaired) electrons. The third-order valence-electron chi connectivity index (χ3n) is 4.10. The number of amides is 1. The third-order valence-corrected chi connectivity index (χ3v) is 4.38. The Morgan fingerprint density at radius 2 is 2.10 bits per heavy atom. The lowest BCUT2D eigenvalue weighted by Crippen LogP contribution is -2.42. The molecule has 0 bridgehead atoms. The van der Waals surface area contributed by atoms with E-state index in [1.54, 1.807) is 0 Å². The molecule has 1 aromatic rings. The Morgan fingerprint density at radius 1 is 1.40 bits per heavy atom. The van der Waals surface area contributed by atoms with E-state index < -0.39 is 0 Å². The summed E-state index contributed by atoms with van der Waals surface area (Å²) in [7, 11) is 0. The molecule has 1 aromatic heterocycles. The maximum atomic E-state index is 12.6. The molecule has 2 heterocycles. The molecular weight excluding hydrogens is 274 g/mol. The number of aromatic nitrogens is 2. The van der Waals surface area contributed by atoms with Gasteiger partial charge < -0.3 is 4.90 Å². The minimum absolute atomic E-state index is 0.0712. The van der Waals surface area contributed by atoms with Crippen LogP contribution in [-0.4, -0.2) is 33.9 Å². The number of halogens is 1. The van der Waals surface area contributed by atoms with Gasteiger partial charge in [-0.05, 0) is 18.3 Å². The first-order valence-corrected chi connectivity index (χ1v) is 7.59. The molecule has 2 unspecified atom stereocenters. The molecule has 5 heteroatoms. The molecular formula is C15H22ClN3O. The zero-order valence-corrected chi connectivity index (χ0v) is 13.3. The Balaban J connectivity index is 2.22. The van der Waals surface area contributed by atoms with E-state index in [1.807, 2.05) is 18.7 Å². The van der Waals surface area contributed by atoms with Crippen LogP contribution in [0.3, 0.4) is 0 Å². The first kappa shape index (κ1) is 15.2. The highest BCUT2D eigenvalue weighted by Crippen LogP contribution is 2.25. The van der Waals surface area contributed by atoms with Gasteiger partial charge in [0.15, 0.2) is 5.69 Å². The molecule has 2 rings (SSSR count). The maximum Gasteiger partial charge on any atom is 0.274 e. The molecule has 0 N–H and O–H groups in total. The molecule has 0 aliphatic carbocycles.